The molecule has 32 heavy (non-hydrogen) atoms. The van der Waals surface area contributed by atoms with E-state index in [0.29, 0.717) is 24.0 Å². The van der Waals surface area contributed by atoms with E-state index in [1.54, 1.807) is 41.1 Å². The molecule has 1 aliphatic rings. The zero-order chi connectivity index (χ0) is 22.5. The number of aliphatic imine (C=N–C) groups is 1. The lowest BCUT2D eigenvalue weighted by molar-refractivity contribution is 0.373. The SMILES string of the molecule is COc1cc(/C=C/c2cc(/C=C/c3ccc(O)c(OC)c3)n(C3=NCCN3)n2)ccc1O. The largest absolute Gasteiger partial charge is 0.504 e. The minimum Gasteiger partial charge on any atom is -0.504 e. The Morgan fingerprint density at radius 1 is 0.875 bits per heavy atom. The zero-order valence-electron chi connectivity index (χ0n) is 17.8. The van der Waals surface area contributed by atoms with Crippen LogP contribution in [-0.2, 0) is 0 Å². The quantitative estimate of drug-likeness (QED) is 0.552. The van der Waals surface area contributed by atoms with Gasteiger partial charge < -0.3 is 25.0 Å². The first kappa shape index (κ1) is 21.0. The van der Waals surface area contributed by atoms with Crippen molar-refractivity contribution in [1.82, 2.24) is 15.1 Å². The summed E-state index contributed by atoms with van der Waals surface area (Å²) in [7, 11) is 3.03. The number of phenols is 2. The molecular formula is C24H24N4O4. The van der Waals surface area contributed by atoms with Crippen LogP contribution in [0, 0.1) is 0 Å². The van der Waals surface area contributed by atoms with Gasteiger partial charge in [-0.05, 0) is 53.6 Å². The van der Waals surface area contributed by atoms with Crippen molar-refractivity contribution in [2.24, 2.45) is 4.99 Å². The second kappa shape index (κ2) is 9.30. The molecule has 2 aromatic carbocycles. The highest BCUT2D eigenvalue weighted by Gasteiger charge is 2.13. The Kier molecular flexibility index (Phi) is 6.12. The number of ether oxygens (including phenoxy) is 2. The first-order valence-electron chi connectivity index (χ1n) is 10.1. The van der Waals surface area contributed by atoms with Crippen molar-refractivity contribution >= 4 is 30.3 Å². The highest BCUT2D eigenvalue weighted by atomic mass is 16.5. The van der Waals surface area contributed by atoms with Gasteiger partial charge in [0, 0.05) is 6.54 Å². The molecule has 164 valence electrons. The topological polar surface area (TPSA) is 101 Å². The maximum absolute atomic E-state index is 9.80. The second-order valence-corrected chi connectivity index (χ2v) is 7.07. The Morgan fingerprint density at radius 3 is 2.06 bits per heavy atom. The second-order valence-electron chi connectivity index (χ2n) is 7.07. The molecule has 0 bridgehead atoms. The first-order chi connectivity index (χ1) is 15.6. The molecule has 3 N–H and O–H groups in total. The average molecular weight is 432 g/mol. The molecule has 0 saturated heterocycles. The van der Waals surface area contributed by atoms with Gasteiger partial charge in [-0.2, -0.15) is 5.10 Å². The van der Waals surface area contributed by atoms with Gasteiger partial charge in [0.05, 0.1) is 32.2 Å². The normalized spacial score (nSPS) is 13.5. The van der Waals surface area contributed by atoms with Crippen LogP contribution in [0.25, 0.3) is 24.3 Å². The minimum absolute atomic E-state index is 0.0949. The highest BCUT2D eigenvalue weighted by Crippen LogP contribution is 2.28. The Balaban J connectivity index is 1.63. The highest BCUT2D eigenvalue weighted by molar-refractivity contribution is 5.87. The molecule has 2 heterocycles. The molecule has 0 spiro atoms. The summed E-state index contributed by atoms with van der Waals surface area (Å²) >= 11 is 0. The number of phenolic OH excluding ortho intramolecular Hbond substituents is 2. The van der Waals surface area contributed by atoms with Crippen molar-refractivity contribution in [3.63, 3.8) is 0 Å². The number of aromatic nitrogens is 2. The molecule has 0 radical (unpaired) electrons. The fourth-order valence-corrected chi connectivity index (χ4v) is 3.27. The number of benzene rings is 2. The molecule has 1 aliphatic heterocycles. The van der Waals surface area contributed by atoms with Crippen LogP contribution >= 0.6 is 0 Å². The third kappa shape index (κ3) is 4.59. The van der Waals surface area contributed by atoms with Gasteiger partial charge in [0.2, 0.25) is 5.96 Å². The van der Waals surface area contributed by atoms with Gasteiger partial charge >= 0.3 is 0 Å². The minimum atomic E-state index is 0.0949. The molecule has 1 aromatic heterocycles. The van der Waals surface area contributed by atoms with Gasteiger partial charge in [-0.1, -0.05) is 24.3 Å². The number of aromatic hydroxyl groups is 2. The molecule has 8 heteroatoms. The van der Waals surface area contributed by atoms with Crippen molar-refractivity contribution in [1.29, 1.82) is 0 Å². The number of hydrogen-bond acceptors (Lipinski definition) is 7. The third-order valence-electron chi connectivity index (χ3n) is 4.91. The maximum Gasteiger partial charge on any atom is 0.219 e. The van der Waals surface area contributed by atoms with E-state index in [1.807, 2.05) is 30.4 Å². The van der Waals surface area contributed by atoms with Crippen molar-refractivity contribution in [2.45, 2.75) is 0 Å². The standard InChI is InChI=1S/C24H24N4O4/c1-31-22-13-16(5-9-20(22)29)3-7-18-15-19(28(27-18)24-25-11-12-26-24)8-4-17-6-10-21(30)23(14-17)32-2/h3-10,13-15,29-30H,11-12H2,1-2H3,(H,25,26)/b7-3+,8-4+. The molecule has 3 aromatic rings. The number of nitrogens with zero attached hydrogens (tertiary/aromatic N) is 3. The lowest BCUT2D eigenvalue weighted by atomic mass is 10.1. The van der Waals surface area contributed by atoms with Crippen LogP contribution in [0.5, 0.6) is 23.0 Å². The molecule has 0 amide bonds. The van der Waals surface area contributed by atoms with E-state index in [1.165, 1.54) is 14.2 Å². The van der Waals surface area contributed by atoms with Gasteiger partial charge in [-0.25, -0.2) is 9.67 Å². The summed E-state index contributed by atoms with van der Waals surface area (Å²) in [6.07, 6.45) is 7.64. The van der Waals surface area contributed by atoms with Crippen molar-refractivity contribution < 1.29 is 19.7 Å². The predicted octanol–water partition coefficient (Wildman–Crippen LogP) is 3.46. The lowest BCUT2D eigenvalue weighted by Gasteiger charge is -2.05. The molecule has 0 aliphatic carbocycles. The van der Waals surface area contributed by atoms with Crippen LogP contribution in [0.3, 0.4) is 0 Å². The van der Waals surface area contributed by atoms with E-state index in [9.17, 15) is 10.2 Å². The van der Waals surface area contributed by atoms with E-state index >= 15 is 0 Å². The summed E-state index contributed by atoms with van der Waals surface area (Å²) in [5, 5.41) is 27.5. The lowest BCUT2D eigenvalue weighted by Crippen LogP contribution is -2.27. The summed E-state index contributed by atoms with van der Waals surface area (Å²) in [6.45, 7) is 1.47. The van der Waals surface area contributed by atoms with E-state index in [4.69, 9.17) is 9.47 Å². The van der Waals surface area contributed by atoms with Crippen LogP contribution in [0.2, 0.25) is 0 Å². The summed E-state index contributed by atoms with van der Waals surface area (Å²) in [5.41, 5.74) is 3.34. The van der Waals surface area contributed by atoms with E-state index < -0.39 is 0 Å². The third-order valence-corrected chi connectivity index (χ3v) is 4.91. The van der Waals surface area contributed by atoms with Gasteiger partial charge in [0.25, 0.3) is 0 Å². The smallest absolute Gasteiger partial charge is 0.219 e. The molecule has 4 rings (SSSR count). The fraction of sp³-hybridized carbons (Fsp3) is 0.167. The summed E-state index contributed by atoms with van der Waals surface area (Å²) in [4.78, 5) is 4.48. The monoisotopic (exact) mass is 432 g/mol. The average Bonchev–Trinajstić information content (AvgIpc) is 3.48. The maximum atomic E-state index is 9.80. The first-order valence-corrected chi connectivity index (χ1v) is 10.1. The van der Waals surface area contributed by atoms with Crippen LogP contribution in [0.15, 0.2) is 47.5 Å². The molecule has 8 nitrogen and oxygen atoms in total. The predicted molar refractivity (Wildman–Crippen MR) is 125 cm³/mol. The molecule has 0 saturated carbocycles. The molecule has 0 atom stereocenters. The number of nitrogens with one attached hydrogen (secondary N) is 1. The Labute approximate surface area is 185 Å². The zero-order valence-corrected chi connectivity index (χ0v) is 17.8. The number of rotatable bonds is 6. The molecule has 0 unspecified atom stereocenters. The van der Waals surface area contributed by atoms with Crippen LogP contribution in [0.4, 0.5) is 0 Å². The Morgan fingerprint density at radius 2 is 1.50 bits per heavy atom. The summed E-state index contributed by atoms with van der Waals surface area (Å²) in [6, 6.07) is 12.3. The van der Waals surface area contributed by atoms with Crippen molar-refractivity contribution in [3.05, 3.63) is 65.0 Å². The molecular weight excluding hydrogens is 408 g/mol. The molecule has 0 fully saturated rings. The van der Waals surface area contributed by atoms with Gasteiger partial charge in [-0.15, -0.1) is 0 Å². The number of methoxy groups -OCH3 is 2. The van der Waals surface area contributed by atoms with Crippen molar-refractivity contribution in [2.75, 3.05) is 27.3 Å². The fourth-order valence-electron chi connectivity index (χ4n) is 3.27. The number of hydrogen-bond donors (Lipinski definition) is 3. The summed E-state index contributed by atoms with van der Waals surface area (Å²) < 4.78 is 12.1. The van der Waals surface area contributed by atoms with Gasteiger partial charge in [-0.3, -0.25) is 0 Å². The van der Waals surface area contributed by atoms with E-state index in [0.717, 1.165) is 29.1 Å². The van der Waals surface area contributed by atoms with E-state index in [2.05, 4.69) is 15.4 Å². The van der Waals surface area contributed by atoms with Gasteiger partial charge in [0.15, 0.2) is 23.0 Å². The van der Waals surface area contributed by atoms with Crippen LogP contribution in [0.1, 0.15) is 22.5 Å². The van der Waals surface area contributed by atoms with E-state index in [-0.39, 0.29) is 11.5 Å². The van der Waals surface area contributed by atoms with Crippen LogP contribution in [-0.4, -0.2) is 53.3 Å². The van der Waals surface area contributed by atoms with Crippen LogP contribution < -0.4 is 14.8 Å². The Hall–Kier alpha value is -4.20. The Bertz CT molecular complexity index is 1210. The van der Waals surface area contributed by atoms with Gasteiger partial charge in [0.1, 0.15) is 0 Å². The summed E-state index contributed by atoms with van der Waals surface area (Å²) in [5.74, 6) is 1.71. The van der Waals surface area contributed by atoms with Crippen molar-refractivity contribution in [3.8, 4) is 23.0 Å².